The number of anilines is 3. The molecule has 5 N–H and O–H groups in total. The molecule has 12 nitrogen and oxygen atoms in total. The van der Waals surface area contributed by atoms with Gasteiger partial charge in [0.15, 0.2) is 0 Å². The van der Waals surface area contributed by atoms with Gasteiger partial charge in [-0.25, -0.2) is 8.42 Å². The van der Waals surface area contributed by atoms with Gasteiger partial charge in [-0.05, 0) is 62.2 Å². The highest BCUT2D eigenvalue weighted by molar-refractivity contribution is 7.89. The first-order valence-corrected chi connectivity index (χ1v) is 17.5. The summed E-state index contributed by atoms with van der Waals surface area (Å²) in [7, 11) is -2.30. The molecule has 0 bridgehead atoms. The summed E-state index contributed by atoms with van der Waals surface area (Å²) in [5.74, 6) is -0.780. The molecule has 0 spiro atoms. The number of sulfonamides is 1. The Bertz CT molecular complexity index is 1690. The number of carbonyl (C=O) groups is 3. The molecule has 0 fully saturated rings. The van der Waals surface area contributed by atoms with Gasteiger partial charge in [0, 0.05) is 38.0 Å². The third-order valence-corrected chi connectivity index (χ3v) is 10.2. The van der Waals surface area contributed by atoms with Crippen LogP contribution in [0.15, 0.2) is 77.7 Å². The van der Waals surface area contributed by atoms with Crippen molar-refractivity contribution in [2.45, 2.75) is 63.0 Å². The molecule has 3 aromatic rings. The Labute approximate surface area is 282 Å². The fourth-order valence-corrected chi connectivity index (χ4v) is 6.64. The van der Waals surface area contributed by atoms with Crippen LogP contribution in [-0.4, -0.2) is 79.3 Å². The van der Waals surface area contributed by atoms with Crippen molar-refractivity contribution in [1.29, 1.82) is 0 Å². The first kappa shape index (κ1) is 36.4. The molecule has 4 rings (SSSR count). The number of nitrogen functional groups attached to an aromatic ring is 1. The summed E-state index contributed by atoms with van der Waals surface area (Å²) in [6, 6.07) is 19.4. The topological polar surface area (TPSA) is 171 Å². The standard InChI is InChI=1S/C35H45N5O7S/c1-24-21-40(25(2)23-41)35(44)28-20-26(37-33(42)16-8-5-9-17-34(43)38-30-15-11-10-14-29(30)36)18-19-31(28)47-32(24)22-39(3)48(45,46)27-12-6-4-7-13-27/h4,6-7,10-15,18-20,24-25,32,41H,5,8-9,16-17,21-23,36H2,1-3H3,(H,37,42)(H,38,43)/t24-,25-,32-/m1/s1. The Morgan fingerprint density at radius 2 is 1.65 bits per heavy atom. The second-order valence-corrected chi connectivity index (χ2v) is 14.2. The van der Waals surface area contributed by atoms with Crippen molar-refractivity contribution in [1.82, 2.24) is 9.21 Å². The Balaban J connectivity index is 1.40. The Hall–Kier alpha value is -4.46. The van der Waals surface area contributed by atoms with Crippen LogP contribution in [-0.2, 0) is 19.6 Å². The van der Waals surface area contributed by atoms with E-state index >= 15 is 0 Å². The second kappa shape index (κ2) is 16.6. The largest absolute Gasteiger partial charge is 0.488 e. The van der Waals surface area contributed by atoms with Gasteiger partial charge in [0.25, 0.3) is 5.91 Å². The lowest BCUT2D eigenvalue weighted by Gasteiger charge is -2.38. The number of unbranched alkanes of at least 4 members (excludes halogenated alkanes) is 2. The molecule has 3 amide bonds. The van der Waals surface area contributed by atoms with Crippen LogP contribution in [0, 0.1) is 5.92 Å². The van der Waals surface area contributed by atoms with Gasteiger partial charge in [0.2, 0.25) is 21.8 Å². The van der Waals surface area contributed by atoms with Crippen LogP contribution in [0.1, 0.15) is 56.3 Å². The van der Waals surface area contributed by atoms with E-state index in [0.29, 0.717) is 42.7 Å². The number of fused-ring (bicyclic) bond motifs is 1. The van der Waals surface area contributed by atoms with E-state index < -0.39 is 22.2 Å². The number of para-hydroxylation sites is 2. The molecule has 13 heteroatoms. The highest BCUT2D eigenvalue weighted by Gasteiger charge is 2.35. The first-order valence-electron chi connectivity index (χ1n) is 16.1. The van der Waals surface area contributed by atoms with Gasteiger partial charge < -0.3 is 31.1 Å². The number of rotatable bonds is 14. The number of aliphatic hydroxyl groups excluding tert-OH is 1. The summed E-state index contributed by atoms with van der Waals surface area (Å²) in [5.41, 5.74) is 7.54. The number of aliphatic hydroxyl groups is 1. The van der Waals surface area contributed by atoms with Gasteiger partial charge in [-0.3, -0.25) is 14.4 Å². The maximum Gasteiger partial charge on any atom is 0.258 e. The quantitative estimate of drug-likeness (QED) is 0.144. The molecule has 3 aromatic carbocycles. The lowest BCUT2D eigenvalue weighted by molar-refractivity contribution is -0.116. The highest BCUT2D eigenvalue weighted by atomic mass is 32.2. The second-order valence-electron chi connectivity index (χ2n) is 12.2. The van der Waals surface area contributed by atoms with Gasteiger partial charge in [-0.1, -0.05) is 43.7 Å². The molecule has 1 aliphatic rings. The van der Waals surface area contributed by atoms with E-state index in [4.69, 9.17) is 10.5 Å². The van der Waals surface area contributed by atoms with E-state index in [0.717, 1.165) is 0 Å². The number of nitrogens with zero attached hydrogens (tertiary/aromatic N) is 2. The molecule has 0 saturated carbocycles. The van der Waals surface area contributed by atoms with Crippen LogP contribution >= 0.6 is 0 Å². The van der Waals surface area contributed by atoms with E-state index in [1.807, 2.05) is 6.92 Å². The summed E-state index contributed by atoms with van der Waals surface area (Å²) >= 11 is 0. The van der Waals surface area contributed by atoms with Gasteiger partial charge in [-0.2, -0.15) is 4.31 Å². The third kappa shape index (κ3) is 9.33. The number of benzene rings is 3. The fourth-order valence-electron chi connectivity index (χ4n) is 5.44. The predicted molar refractivity (Wildman–Crippen MR) is 185 cm³/mol. The summed E-state index contributed by atoms with van der Waals surface area (Å²) in [6.45, 7) is 3.59. The molecule has 3 atom stereocenters. The average Bonchev–Trinajstić information content (AvgIpc) is 3.07. The molecule has 0 aliphatic carbocycles. The van der Waals surface area contributed by atoms with Crippen molar-refractivity contribution in [3.63, 3.8) is 0 Å². The molecule has 0 aromatic heterocycles. The maximum absolute atomic E-state index is 13.8. The molecule has 48 heavy (non-hydrogen) atoms. The minimum atomic E-state index is -3.80. The average molecular weight is 680 g/mol. The van der Waals surface area contributed by atoms with Gasteiger partial charge in [0.1, 0.15) is 11.9 Å². The molecule has 1 aliphatic heterocycles. The minimum absolute atomic E-state index is 0.0217. The molecular weight excluding hydrogens is 634 g/mol. The number of carbonyl (C=O) groups excluding carboxylic acids is 3. The van der Waals surface area contributed by atoms with Crippen molar-refractivity contribution in [2.24, 2.45) is 5.92 Å². The van der Waals surface area contributed by atoms with Gasteiger partial charge >= 0.3 is 0 Å². The lowest BCUT2D eigenvalue weighted by Crippen LogP contribution is -2.50. The number of likely N-dealkylation sites (N-methyl/N-ethyl adjacent to an activating group) is 1. The Morgan fingerprint density at radius 3 is 2.31 bits per heavy atom. The molecule has 0 radical (unpaired) electrons. The van der Waals surface area contributed by atoms with E-state index in [1.165, 1.54) is 23.5 Å². The van der Waals surface area contributed by atoms with E-state index in [9.17, 15) is 27.9 Å². The van der Waals surface area contributed by atoms with Crippen molar-refractivity contribution < 1.29 is 32.6 Å². The molecule has 0 saturated heterocycles. The van der Waals surface area contributed by atoms with Crippen molar-refractivity contribution >= 4 is 44.8 Å². The van der Waals surface area contributed by atoms with E-state index in [2.05, 4.69) is 10.6 Å². The number of ether oxygens (including phenoxy) is 1. The Morgan fingerprint density at radius 1 is 1.00 bits per heavy atom. The number of nitrogens with two attached hydrogens (primary N) is 1. The highest BCUT2D eigenvalue weighted by Crippen LogP contribution is 2.31. The maximum atomic E-state index is 13.8. The van der Waals surface area contributed by atoms with Gasteiger partial charge in [0.05, 0.1) is 41.0 Å². The van der Waals surface area contributed by atoms with Crippen LogP contribution in [0.5, 0.6) is 5.75 Å². The van der Waals surface area contributed by atoms with Crippen molar-refractivity contribution in [2.75, 3.05) is 43.1 Å². The first-order chi connectivity index (χ1) is 22.9. The van der Waals surface area contributed by atoms with E-state index in [1.54, 1.807) is 72.5 Å². The number of hydrogen-bond acceptors (Lipinski definition) is 8. The minimum Gasteiger partial charge on any atom is -0.488 e. The van der Waals surface area contributed by atoms with Crippen LogP contribution < -0.4 is 21.1 Å². The van der Waals surface area contributed by atoms with Crippen molar-refractivity contribution in [3.05, 3.63) is 78.4 Å². The lowest BCUT2D eigenvalue weighted by atomic mass is 9.99. The van der Waals surface area contributed by atoms with E-state index in [-0.39, 0.29) is 66.0 Å². The monoisotopic (exact) mass is 679 g/mol. The summed E-state index contributed by atoms with van der Waals surface area (Å²) in [5, 5.41) is 15.6. The summed E-state index contributed by atoms with van der Waals surface area (Å²) in [4.78, 5) is 40.5. The van der Waals surface area contributed by atoms with Crippen LogP contribution in [0.4, 0.5) is 17.1 Å². The van der Waals surface area contributed by atoms with Crippen LogP contribution in [0.3, 0.4) is 0 Å². The zero-order valence-corrected chi connectivity index (χ0v) is 28.4. The molecule has 258 valence electrons. The normalized spacial score (nSPS) is 17.1. The SMILES string of the molecule is C[C@@H]1CN([C@H](C)CO)C(=O)c2cc(NC(=O)CCCCCC(=O)Nc3ccccc3N)ccc2O[C@@H]1CN(C)S(=O)(=O)c1ccccc1. The number of hydrogen-bond donors (Lipinski definition) is 4. The molecule has 1 heterocycles. The third-order valence-electron chi connectivity index (χ3n) is 8.38. The van der Waals surface area contributed by atoms with Gasteiger partial charge in [-0.15, -0.1) is 0 Å². The zero-order chi connectivity index (χ0) is 34.8. The zero-order valence-electron chi connectivity index (χ0n) is 27.6. The van der Waals surface area contributed by atoms with Crippen LogP contribution in [0.25, 0.3) is 0 Å². The summed E-state index contributed by atoms with van der Waals surface area (Å²) in [6.07, 6.45) is 1.76. The molecular formula is C35H45N5O7S. The molecule has 0 unspecified atom stereocenters. The fraction of sp³-hybridized carbons (Fsp3) is 0.400. The predicted octanol–water partition coefficient (Wildman–Crippen LogP) is 4.34. The number of amides is 3. The smallest absolute Gasteiger partial charge is 0.258 e. The summed E-state index contributed by atoms with van der Waals surface area (Å²) < 4.78 is 34.1. The Kier molecular flexibility index (Phi) is 12.6. The number of nitrogens with one attached hydrogen (secondary N) is 2. The van der Waals surface area contributed by atoms with Crippen LogP contribution in [0.2, 0.25) is 0 Å². The van der Waals surface area contributed by atoms with Crippen molar-refractivity contribution in [3.8, 4) is 5.75 Å².